The molecule has 108 valence electrons. The molecule has 2 aliphatic heterocycles. The van der Waals surface area contributed by atoms with Crippen molar-refractivity contribution in [3.8, 4) is 0 Å². The minimum Gasteiger partial charge on any atom is -0.341 e. The molecule has 0 radical (unpaired) electrons. The fourth-order valence-corrected chi connectivity index (χ4v) is 3.07. The molecule has 20 heavy (non-hydrogen) atoms. The molecule has 0 aromatic carbocycles. The van der Waals surface area contributed by atoms with E-state index < -0.39 is 0 Å². The molecule has 1 aromatic rings. The summed E-state index contributed by atoms with van der Waals surface area (Å²) in [7, 11) is 0. The van der Waals surface area contributed by atoms with Crippen LogP contribution in [0.3, 0.4) is 0 Å². The lowest BCUT2D eigenvalue weighted by Gasteiger charge is -2.31. The maximum atomic E-state index is 12.4. The lowest BCUT2D eigenvalue weighted by molar-refractivity contribution is 0.0787. The summed E-state index contributed by atoms with van der Waals surface area (Å²) in [4.78, 5) is 25.3. The van der Waals surface area contributed by atoms with Crippen molar-refractivity contribution in [2.45, 2.75) is 32.6 Å². The third-order valence-electron chi connectivity index (χ3n) is 4.20. The molecule has 0 bridgehead atoms. The van der Waals surface area contributed by atoms with Crippen LogP contribution in [-0.2, 0) is 0 Å². The molecule has 0 N–H and O–H groups in total. The Balaban J connectivity index is 1.76. The van der Waals surface area contributed by atoms with E-state index in [1.54, 1.807) is 12.3 Å². The summed E-state index contributed by atoms with van der Waals surface area (Å²) in [6.45, 7) is 5.95. The van der Waals surface area contributed by atoms with E-state index in [-0.39, 0.29) is 5.91 Å². The second kappa shape index (κ2) is 5.77. The van der Waals surface area contributed by atoms with Crippen LogP contribution in [0.4, 0.5) is 5.95 Å². The summed E-state index contributed by atoms with van der Waals surface area (Å²) < 4.78 is 0. The molecule has 2 saturated heterocycles. The first-order valence-corrected chi connectivity index (χ1v) is 7.61. The van der Waals surface area contributed by atoms with Crippen molar-refractivity contribution in [1.82, 2.24) is 14.9 Å². The summed E-state index contributed by atoms with van der Waals surface area (Å²) in [6, 6.07) is 1.73. The van der Waals surface area contributed by atoms with Crippen molar-refractivity contribution in [2.75, 3.05) is 31.1 Å². The van der Waals surface area contributed by atoms with Gasteiger partial charge in [0.2, 0.25) is 5.95 Å². The SMILES string of the molecule is CC1CCCN(c2nccc(C(=O)N3CCCC3)n2)C1. The zero-order valence-electron chi connectivity index (χ0n) is 12.1. The van der Waals surface area contributed by atoms with Crippen LogP contribution < -0.4 is 4.90 Å². The Morgan fingerprint density at radius 3 is 2.80 bits per heavy atom. The fourth-order valence-electron chi connectivity index (χ4n) is 3.07. The van der Waals surface area contributed by atoms with Gasteiger partial charge < -0.3 is 9.80 Å². The van der Waals surface area contributed by atoms with E-state index in [1.165, 1.54) is 12.8 Å². The summed E-state index contributed by atoms with van der Waals surface area (Å²) in [5, 5.41) is 0. The van der Waals surface area contributed by atoms with Crippen LogP contribution in [0.5, 0.6) is 0 Å². The standard InChI is InChI=1S/C15H22N4O/c1-12-5-4-10-19(11-12)15-16-7-6-13(17-15)14(20)18-8-2-3-9-18/h6-7,12H,2-5,8-11H2,1H3. The van der Waals surface area contributed by atoms with Crippen LogP contribution >= 0.6 is 0 Å². The first kappa shape index (κ1) is 13.3. The van der Waals surface area contributed by atoms with E-state index in [0.717, 1.165) is 39.0 Å². The Morgan fingerprint density at radius 1 is 1.25 bits per heavy atom. The van der Waals surface area contributed by atoms with Gasteiger partial charge >= 0.3 is 0 Å². The highest BCUT2D eigenvalue weighted by Gasteiger charge is 2.23. The number of amides is 1. The zero-order chi connectivity index (χ0) is 13.9. The van der Waals surface area contributed by atoms with Crippen molar-refractivity contribution < 1.29 is 4.79 Å². The normalized spacial score (nSPS) is 23.1. The van der Waals surface area contributed by atoms with Gasteiger partial charge in [-0.15, -0.1) is 0 Å². The third kappa shape index (κ3) is 2.76. The number of anilines is 1. The third-order valence-corrected chi connectivity index (χ3v) is 4.20. The molecule has 1 atom stereocenters. The largest absolute Gasteiger partial charge is 0.341 e. The van der Waals surface area contributed by atoms with Gasteiger partial charge in [0.05, 0.1) is 0 Å². The minimum atomic E-state index is 0.0520. The van der Waals surface area contributed by atoms with Crippen molar-refractivity contribution in [3.05, 3.63) is 18.0 Å². The highest BCUT2D eigenvalue weighted by Crippen LogP contribution is 2.20. The average Bonchev–Trinajstić information content (AvgIpc) is 3.01. The van der Waals surface area contributed by atoms with Gasteiger partial charge in [0.25, 0.3) is 5.91 Å². The van der Waals surface area contributed by atoms with E-state index >= 15 is 0 Å². The first-order valence-electron chi connectivity index (χ1n) is 7.61. The first-order chi connectivity index (χ1) is 9.74. The zero-order valence-corrected chi connectivity index (χ0v) is 12.1. The highest BCUT2D eigenvalue weighted by atomic mass is 16.2. The van der Waals surface area contributed by atoms with Crippen molar-refractivity contribution in [2.24, 2.45) is 5.92 Å². The molecule has 1 aromatic heterocycles. The summed E-state index contributed by atoms with van der Waals surface area (Å²) in [5.41, 5.74) is 0.537. The molecule has 3 rings (SSSR count). The van der Waals surface area contributed by atoms with E-state index in [4.69, 9.17) is 0 Å². The topological polar surface area (TPSA) is 49.3 Å². The second-order valence-electron chi connectivity index (χ2n) is 5.93. The molecular formula is C15H22N4O. The molecule has 3 heterocycles. The van der Waals surface area contributed by atoms with Crippen molar-refractivity contribution >= 4 is 11.9 Å². The van der Waals surface area contributed by atoms with Gasteiger partial charge in [0.15, 0.2) is 0 Å². The summed E-state index contributed by atoms with van der Waals surface area (Å²) in [6.07, 6.45) is 6.36. The summed E-state index contributed by atoms with van der Waals surface area (Å²) >= 11 is 0. The van der Waals surface area contributed by atoms with E-state index in [2.05, 4.69) is 21.8 Å². The van der Waals surface area contributed by atoms with Gasteiger partial charge in [-0.1, -0.05) is 6.92 Å². The lowest BCUT2D eigenvalue weighted by Crippen LogP contribution is -2.36. The maximum absolute atomic E-state index is 12.4. The molecule has 0 spiro atoms. The van der Waals surface area contributed by atoms with Gasteiger partial charge in [0.1, 0.15) is 5.69 Å². The quantitative estimate of drug-likeness (QED) is 0.827. The van der Waals surface area contributed by atoms with Crippen LogP contribution in [0.2, 0.25) is 0 Å². The Labute approximate surface area is 120 Å². The Morgan fingerprint density at radius 2 is 2.05 bits per heavy atom. The number of piperidine rings is 1. The van der Waals surface area contributed by atoms with Crippen molar-refractivity contribution in [3.63, 3.8) is 0 Å². The van der Waals surface area contributed by atoms with Gasteiger partial charge in [-0.2, -0.15) is 0 Å². The molecule has 1 unspecified atom stereocenters. The molecule has 5 nitrogen and oxygen atoms in total. The smallest absolute Gasteiger partial charge is 0.272 e. The highest BCUT2D eigenvalue weighted by molar-refractivity contribution is 5.92. The number of rotatable bonds is 2. The number of nitrogens with zero attached hydrogens (tertiary/aromatic N) is 4. The van der Waals surface area contributed by atoms with Gasteiger partial charge in [-0.3, -0.25) is 4.79 Å². The van der Waals surface area contributed by atoms with Gasteiger partial charge in [0, 0.05) is 32.4 Å². The monoisotopic (exact) mass is 274 g/mol. The molecular weight excluding hydrogens is 252 g/mol. The van der Waals surface area contributed by atoms with Crippen LogP contribution in [-0.4, -0.2) is 47.0 Å². The maximum Gasteiger partial charge on any atom is 0.272 e. The Kier molecular flexibility index (Phi) is 3.85. The minimum absolute atomic E-state index is 0.0520. The fraction of sp³-hybridized carbons (Fsp3) is 0.667. The van der Waals surface area contributed by atoms with Crippen LogP contribution in [0.25, 0.3) is 0 Å². The second-order valence-corrected chi connectivity index (χ2v) is 5.93. The van der Waals surface area contributed by atoms with Crippen LogP contribution in [0.15, 0.2) is 12.3 Å². The van der Waals surface area contributed by atoms with Crippen molar-refractivity contribution in [1.29, 1.82) is 0 Å². The van der Waals surface area contributed by atoms with E-state index in [1.807, 2.05) is 4.90 Å². The predicted molar refractivity (Wildman–Crippen MR) is 77.8 cm³/mol. The summed E-state index contributed by atoms with van der Waals surface area (Å²) in [5.74, 6) is 1.43. The number of hydrogen-bond donors (Lipinski definition) is 0. The molecule has 0 aliphatic carbocycles. The number of aromatic nitrogens is 2. The lowest BCUT2D eigenvalue weighted by atomic mass is 10.0. The molecule has 0 saturated carbocycles. The van der Waals surface area contributed by atoms with Crippen LogP contribution in [0, 0.1) is 5.92 Å². The number of likely N-dealkylation sites (tertiary alicyclic amines) is 1. The molecule has 1 amide bonds. The Bertz CT molecular complexity index is 485. The van der Waals surface area contributed by atoms with Crippen LogP contribution in [0.1, 0.15) is 43.1 Å². The average molecular weight is 274 g/mol. The number of hydrogen-bond acceptors (Lipinski definition) is 4. The number of carbonyl (C=O) groups excluding carboxylic acids is 1. The molecule has 2 fully saturated rings. The van der Waals surface area contributed by atoms with Gasteiger partial charge in [-0.05, 0) is 37.7 Å². The van der Waals surface area contributed by atoms with E-state index in [0.29, 0.717) is 17.6 Å². The predicted octanol–water partition coefficient (Wildman–Crippen LogP) is 1.95. The Hall–Kier alpha value is -1.65. The van der Waals surface area contributed by atoms with Gasteiger partial charge in [-0.25, -0.2) is 9.97 Å². The number of carbonyl (C=O) groups is 1. The molecule has 2 aliphatic rings. The van der Waals surface area contributed by atoms with E-state index in [9.17, 15) is 4.79 Å². The molecule has 5 heteroatoms.